The minimum absolute atomic E-state index is 0.0219. The van der Waals surface area contributed by atoms with Gasteiger partial charge in [-0.15, -0.1) is 5.10 Å². The van der Waals surface area contributed by atoms with Crippen LogP contribution in [0.4, 0.5) is 0 Å². The highest BCUT2D eigenvalue weighted by atomic mass is 32.2. The summed E-state index contributed by atoms with van der Waals surface area (Å²) >= 11 is 1.22. The fraction of sp³-hybridized carbons (Fsp3) is 0.500. The van der Waals surface area contributed by atoms with Crippen LogP contribution in [0.15, 0.2) is 23.4 Å². The number of benzene rings is 1. The van der Waals surface area contributed by atoms with Gasteiger partial charge in [0.2, 0.25) is 11.1 Å². The highest BCUT2D eigenvalue weighted by Gasteiger charge is 2.27. The number of esters is 1. The summed E-state index contributed by atoms with van der Waals surface area (Å²) in [6.45, 7) is 7.83. The van der Waals surface area contributed by atoms with E-state index in [1.165, 1.54) is 18.9 Å². The molecule has 0 aliphatic carbocycles. The number of hydrogen-bond acceptors (Lipinski definition) is 7. The van der Waals surface area contributed by atoms with Crippen LogP contribution in [0, 0.1) is 19.8 Å². The number of rotatable bonds is 8. The van der Waals surface area contributed by atoms with E-state index in [9.17, 15) is 9.59 Å². The molecule has 0 aliphatic rings. The van der Waals surface area contributed by atoms with Crippen LogP contribution in [0.2, 0.25) is 0 Å². The number of nitrogens with one attached hydrogen (secondary N) is 1. The van der Waals surface area contributed by atoms with Gasteiger partial charge in [0.15, 0.2) is 0 Å². The third-order valence-electron chi connectivity index (χ3n) is 4.41. The lowest BCUT2D eigenvalue weighted by atomic mass is 9.99. The van der Waals surface area contributed by atoms with Gasteiger partial charge in [-0.3, -0.25) is 4.79 Å². The smallest absolute Gasteiger partial charge is 0.328 e. The minimum Gasteiger partial charge on any atom is -0.467 e. The maximum absolute atomic E-state index is 12.4. The van der Waals surface area contributed by atoms with Crippen molar-refractivity contribution in [3.05, 3.63) is 29.3 Å². The van der Waals surface area contributed by atoms with Crippen molar-refractivity contribution in [1.82, 2.24) is 25.5 Å². The van der Waals surface area contributed by atoms with Crippen molar-refractivity contribution in [2.45, 2.75) is 45.3 Å². The molecule has 0 bridgehead atoms. The average Bonchev–Trinajstić information content (AvgIpc) is 3.11. The number of methoxy groups -OCH3 is 1. The number of ether oxygens (including phenoxy) is 1. The first-order chi connectivity index (χ1) is 12.9. The molecule has 1 aromatic heterocycles. The molecule has 0 unspecified atom stereocenters. The molecule has 2 rings (SSSR count). The van der Waals surface area contributed by atoms with Gasteiger partial charge in [-0.1, -0.05) is 50.2 Å². The Kier molecular flexibility index (Phi) is 7.35. The van der Waals surface area contributed by atoms with Crippen molar-refractivity contribution < 1.29 is 14.3 Å². The molecule has 27 heavy (non-hydrogen) atoms. The van der Waals surface area contributed by atoms with Gasteiger partial charge in [-0.05, 0) is 41.3 Å². The van der Waals surface area contributed by atoms with Crippen molar-refractivity contribution in [3.8, 4) is 5.69 Å². The lowest BCUT2D eigenvalue weighted by molar-refractivity contribution is -0.146. The van der Waals surface area contributed by atoms with E-state index in [1.54, 1.807) is 4.68 Å². The highest BCUT2D eigenvalue weighted by Crippen LogP contribution is 2.23. The molecule has 0 spiro atoms. The second-order valence-corrected chi connectivity index (χ2v) is 7.30. The summed E-state index contributed by atoms with van der Waals surface area (Å²) in [6, 6.07) is 5.28. The molecule has 1 N–H and O–H groups in total. The number of aromatic nitrogens is 4. The monoisotopic (exact) mass is 391 g/mol. The van der Waals surface area contributed by atoms with Gasteiger partial charge in [-0.2, -0.15) is 4.68 Å². The number of aryl methyl sites for hydroxylation is 2. The third-order valence-corrected chi connectivity index (χ3v) is 5.33. The second kappa shape index (κ2) is 9.50. The summed E-state index contributed by atoms with van der Waals surface area (Å²) in [4.78, 5) is 24.3. The second-order valence-electron chi connectivity index (χ2n) is 6.36. The first kappa shape index (κ1) is 20.9. The summed E-state index contributed by atoms with van der Waals surface area (Å²) in [5, 5.41) is 15.1. The number of carbonyl (C=O) groups is 2. The molecule has 0 saturated carbocycles. The van der Waals surface area contributed by atoms with E-state index in [1.807, 2.05) is 45.9 Å². The Morgan fingerprint density at radius 3 is 2.56 bits per heavy atom. The van der Waals surface area contributed by atoms with Crippen molar-refractivity contribution in [3.63, 3.8) is 0 Å². The maximum atomic E-state index is 12.4. The molecule has 0 radical (unpaired) electrons. The predicted octanol–water partition coefficient (Wildman–Crippen LogP) is 2.08. The number of nitrogens with zero attached hydrogens (tertiary/aromatic N) is 4. The Balaban J connectivity index is 2.08. The fourth-order valence-corrected chi connectivity index (χ4v) is 3.38. The fourth-order valence-electron chi connectivity index (χ4n) is 2.69. The summed E-state index contributed by atoms with van der Waals surface area (Å²) in [6.07, 6.45) is 0.748. The van der Waals surface area contributed by atoms with E-state index in [0.29, 0.717) is 5.16 Å². The molecular formula is C18H25N5O3S. The van der Waals surface area contributed by atoms with Crippen LogP contribution in [0.25, 0.3) is 5.69 Å². The third kappa shape index (κ3) is 5.06. The summed E-state index contributed by atoms with van der Waals surface area (Å²) in [7, 11) is 1.32. The lowest BCUT2D eigenvalue weighted by Crippen LogP contribution is -2.46. The Hall–Kier alpha value is -2.42. The number of para-hydroxylation sites is 1. The first-order valence-electron chi connectivity index (χ1n) is 8.74. The van der Waals surface area contributed by atoms with Crippen LogP contribution < -0.4 is 5.32 Å². The average molecular weight is 391 g/mol. The van der Waals surface area contributed by atoms with Crippen LogP contribution in [0.3, 0.4) is 0 Å². The summed E-state index contributed by atoms with van der Waals surface area (Å²) < 4.78 is 6.43. The Morgan fingerprint density at radius 2 is 1.96 bits per heavy atom. The van der Waals surface area contributed by atoms with Gasteiger partial charge < -0.3 is 10.1 Å². The number of thioether (sulfide) groups is 1. The molecule has 2 atom stereocenters. The van der Waals surface area contributed by atoms with Crippen molar-refractivity contribution >= 4 is 23.6 Å². The van der Waals surface area contributed by atoms with Gasteiger partial charge >= 0.3 is 5.97 Å². The van der Waals surface area contributed by atoms with Gasteiger partial charge in [0.05, 0.1) is 18.6 Å². The van der Waals surface area contributed by atoms with Crippen LogP contribution in [0.1, 0.15) is 31.4 Å². The lowest BCUT2D eigenvalue weighted by Gasteiger charge is -2.21. The normalized spacial score (nSPS) is 13.1. The van der Waals surface area contributed by atoms with E-state index in [0.717, 1.165) is 23.2 Å². The molecule has 0 aliphatic heterocycles. The molecule has 8 nitrogen and oxygen atoms in total. The number of amides is 1. The van der Waals surface area contributed by atoms with E-state index in [2.05, 4.69) is 20.8 Å². The molecule has 1 aromatic carbocycles. The maximum Gasteiger partial charge on any atom is 0.328 e. The quantitative estimate of drug-likeness (QED) is 0.543. The van der Waals surface area contributed by atoms with Crippen LogP contribution >= 0.6 is 11.8 Å². The van der Waals surface area contributed by atoms with Crippen LogP contribution in [0.5, 0.6) is 0 Å². The molecular weight excluding hydrogens is 366 g/mol. The van der Waals surface area contributed by atoms with E-state index < -0.39 is 12.0 Å². The standard InChI is InChI=1S/C18H25N5O3S/c1-6-11(2)15(17(25)26-5)19-14(24)10-27-18-20-21-22-23(18)16-12(3)8-7-9-13(16)4/h7-9,11,15H,6,10H2,1-5H3,(H,19,24)/t11-,15+/m1/s1. The van der Waals surface area contributed by atoms with Gasteiger partial charge in [0, 0.05) is 0 Å². The van der Waals surface area contributed by atoms with Gasteiger partial charge in [0.25, 0.3) is 0 Å². The number of carbonyl (C=O) groups excluding carboxylic acids is 2. The predicted molar refractivity (Wildman–Crippen MR) is 103 cm³/mol. The zero-order valence-electron chi connectivity index (χ0n) is 16.2. The highest BCUT2D eigenvalue weighted by molar-refractivity contribution is 7.99. The van der Waals surface area contributed by atoms with E-state index in [4.69, 9.17) is 4.74 Å². The van der Waals surface area contributed by atoms with Crippen molar-refractivity contribution in [1.29, 1.82) is 0 Å². The molecule has 1 heterocycles. The Morgan fingerprint density at radius 1 is 1.30 bits per heavy atom. The number of hydrogen-bond donors (Lipinski definition) is 1. The molecule has 146 valence electrons. The Bertz CT molecular complexity index is 788. The Labute approximate surface area is 163 Å². The summed E-state index contributed by atoms with van der Waals surface area (Å²) in [5.41, 5.74) is 2.98. The topological polar surface area (TPSA) is 99.0 Å². The van der Waals surface area contributed by atoms with Gasteiger partial charge in [-0.25, -0.2) is 4.79 Å². The van der Waals surface area contributed by atoms with Gasteiger partial charge in [0.1, 0.15) is 6.04 Å². The van der Waals surface area contributed by atoms with E-state index in [-0.39, 0.29) is 17.6 Å². The van der Waals surface area contributed by atoms with Crippen molar-refractivity contribution in [2.24, 2.45) is 5.92 Å². The molecule has 0 fully saturated rings. The van der Waals surface area contributed by atoms with Crippen LogP contribution in [-0.4, -0.2) is 51.0 Å². The molecule has 1 amide bonds. The molecule has 9 heteroatoms. The zero-order valence-corrected chi connectivity index (χ0v) is 17.0. The van der Waals surface area contributed by atoms with Crippen LogP contribution in [-0.2, 0) is 14.3 Å². The van der Waals surface area contributed by atoms with E-state index >= 15 is 0 Å². The minimum atomic E-state index is -0.664. The SMILES string of the molecule is CC[C@@H](C)[C@H](NC(=O)CSc1nnnn1-c1c(C)cccc1C)C(=O)OC. The molecule has 0 saturated heterocycles. The number of tetrazole rings is 1. The van der Waals surface area contributed by atoms with Crippen molar-refractivity contribution in [2.75, 3.05) is 12.9 Å². The zero-order chi connectivity index (χ0) is 20.0. The largest absolute Gasteiger partial charge is 0.467 e. The molecule has 2 aromatic rings. The summed E-state index contributed by atoms with van der Waals surface area (Å²) in [5.74, 6) is -0.643. The first-order valence-corrected chi connectivity index (χ1v) is 9.72.